The average Bonchev–Trinajstić information content (AvgIpc) is 3.52. The molecule has 0 bridgehead atoms. The molecule has 1 aliphatic rings. The van der Waals surface area contributed by atoms with Crippen LogP contribution in [0.4, 0.5) is 16.0 Å². The van der Waals surface area contributed by atoms with Crippen molar-refractivity contribution in [3.05, 3.63) is 76.5 Å². The lowest BCUT2D eigenvalue weighted by molar-refractivity contribution is 0.249. The largest absolute Gasteiger partial charge is 0.342 e. The van der Waals surface area contributed by atoms with E-state index in [2.05, 4.69) is 33.7 Å². The third-order valence-electron chi connectivity index (χ3n) is 7.91. The Morgan fingerprint density at radius 1 is 1.05 bits per heavy atom. The number of fused-ring (bicyclic) bond motifs is 2. The SMILES string of the molecule is [C-]#[N+]c1ccc(-c2nc(N3CCC(N(C)C)CC3)n3ccnc3c2-c2cc3c(cc2F)n(C)c(=O)n3C)cc1. The summed E-state index contributed by atoms with van der Waals surface area (Å²) in [5.41, 5.74) is 4.19. The van der Waals surface area contributed by atoms with E-state index in [4.69, 9.17) is 11.6 Å². The molecular formula is C29H29FN8O. The summed E-state index contributed by atoms with van der Waals surface area (Å²) >= 11 is 0. The van der Waals surface area contributed by atoms with E-state index in [0.29, 0.717) is 45.2 Å². The first-order valence-electron chi connectivity index (χ1n) is 12.9. The van der Waals surface area contributed by atoms with Gasteiger partial charge in [-0.25, -0.2) is 24.0 Å². The monoisotopic (exact) mass is 524 g/mol. The zero-order valence-corrected chi connectivity index (χ0v) is 22.4. The van der Waals surface area contributed by atoms with Gasteiger partial charge in [0.1, 0.15) is 11.5 Å². The normalized spacial score (nSPS) is 14.5. The molecule has 5 aromatic rings. The zero-order chi connectivity index (χ0) is 27.4. The summed E-state index contributed by atoms with van der Waals surface area (Å²) < 4.78 is 20.8. The van der Waals surface area contributed by atoms with Gasteiger partial charge in [0.15, 0.2) is 5.69 Å². The Morgan fingerprint density at radius 2 is 1.72 bits per heavy atom. The fourth-order valence-corrected chi connectivity index (χ4v) is 5.63. The second kappa shape index (κ2) is 9.36. The van der Waals surface area contributed by atoms with Crippen molar-refractivity contribution < 1.29 is 4.39 Å². The van der Waals surface area contributed by atoms with Gasteiger partial charge in [-0.15, -0.1) is 0 Å². The van der Waals surface area contributed by atoms with Crippen LogP contribution >= 0.6 is 0 Å². The van der Waals surface area contributed by atoms with Crippen molar-refractivity contribution in [2.75, 3.05) is 32.1 Å². The molecule has 1 aliphatic heterocycles. The lowest BCUT2D eigenvalue weighted by atomic mass is 9.98. The summed E-state index contributed by atoms with van der Waals surface area (Å²) in [6, 6.07) is 10.8. The van der Waals surface area contributed by atoms with E-state index in [1.807, 2.05) is 22.7 Å². The van der Waals surface area contributed by atoms with Crippen LogP contribution in [-0.4, -0.2) is 61.6 Å². The summed E-state index contributed by atoms with van der Waals surface area (Å²) in [6.07, 6.45) is 5.58. The standard InChI is InChI=1S/C29H29FN8O/c1-31-19-8-6-18(7-9-19)26-25(21-16-23-24(17-22(21)30)36(5)29(39)35(23)4)27-32-12-15-38(27)28(33-26)37-13-10-20(11-14-37)34(2)3/h6-9,12,15-17,20H,10-11,13-14H2,2-5H3. The van der Waals surface area contributed by atoms with Crippen molar-refractivity contribution in [2.24, 2.45) is 14.1 Å². The number of benzene rings is 2. The Labute approximate surface area is 225 Å². The number of aryl methyl sites for hydroxylation is 2. The van der Waals surface area contributed by atoms with Crippen LogP contribution < -0.4 is 10.6 Å². The molecule has 39 heavy (non-hydrogen) atoms. The van der Waals surface area contributed by atoms with E-state index in [-0.39, 0.29) is 5.69 Å². The Balaban J connectivity index is 1.61. The molecule has 2 aromatic carbocycles. The molecule has 0 saturated carbocycles. The third-order valence-corrected chi connectivity index (χ3v) is 7.91. The van der Waals surface area contributed by atoms with Gasteiger partial charge in [-0.2, -0.15) is 0 Å². The highest BCUT2D eigenvalue weighted by Gasteiger charge is 2.27. The van der Waals surface area contributed by atoms with Crippen molar-refractivity contribution in [1.82, 2.24) is 28.4 Å². The van der Waals surface area contributed by atoms with Gasteiger partial charge >= 0.3 is 5.69 Å². The molecule has 9 nitrogen and oxygen atoms in total. The Hall–Kier alpha value is -4.49. The summed E-state index contributed by atoms with van der Waals surface area (Å²) in [7, 11) is 7.54. The van der Waals surface area contributed by atoms with E-state index < -0.39 is 5.82 Å². The molecule has 1 fully saturated rings. The lowest BCUT2D eigenvalue weighted by Crippen LogP contribution is -2.43. The smallest absolute Gasteiger partial charge is 0.328 e. The molecule has 4 heterocycles. The molecule has 10 heteroatoms. The van der Waals surface area contributed by atoms with Crippen LogP contribution in [0.15, 0.2) is 53.6 Å². The highest BCUT2D eigenvalue weighted by Crippen LogP contribution is 2.39. The molecule has 0 atom stereocenters. The van der Waals surface area contributed by atoms with E-state index in [1.54, 1.807) is 38.5 Å². The quantitative estimate of drug-likeness (QED) is 0.325. The molecular weight excluding hydrogens is 495 g/mol. The molecule has 0 aliphatic carbocycles. The molecule has 0 N–H and O–H groups in total. The maximum Gasteiger partial charge on any atom is 0.328 e. The van der Waals surface area contributed by atoms with Crippen LogP contribution in [0.1, 0.15) is 12.8 Å². The first kappa shape index (κ1) is 24.8. The Morgan fingerprint density at radius 3 is 2.36 bits per heavy atom. The van der Waals surface area contributed by atoms with Gasteiger partial charge in [0, 0.05) is 57.3 Å². The highest BCUT2D eigenvalue weighted by atomic mass is 19.1. The molecule has 198 valence electrons. The van der Waals surface area contributed by atoms with Gasteiger partial charge in [0.05, 0.1) is 28.9 Å². The van der Waals surface area contributed by atoms with Crippen LogP contribution in [0.25, 0.3) is 43.9 Å². The molecule has 0 spiro atoms. The molecule has 0 unspecified atom stereocenters. The van der Waals surface area contributed by atoms with Crippen LogP contribution in [0.2, 0.25) is 0 Å². The summed E-state index contributed by atoms with van der Waals surface area (Å²) in [6.45, 7) is 9.02. The number of halogens is 1. The highest BCUT2D eigenvalue weighted by molar-refractivity contribution is 5.95. The minimum atomic E-state index is -0.464. The molecule has 0 amide bonds. The topological polar surface area (TPSA) is 68.0 Å². The summed E-state index contributed by atoms with van der Waals surface area (Å²) in [5, 5.41) is 0. The van der Waals surface area contributed by atoms with E-state index in [1.165, 1.54) is 15.2 Å². The minimum absolute atomic E-state index is 0.225. The predicted octanol–water partition coefficient (Wildman–Crippen LogP) is 4.47. The fraction of sp³-hybridized carbons (Fsp3) is 0.310. The predicted molar refractivity (Wildman–Crippen MR) is 151 cm³/mol. The zero-order valence-electron chi connectivity index (χ0n) is 22.4. The average molecular weight is 525 g/mol. The van der Waals surface area contributed by atoms with Gasteiger partial charge in [-0.3, -0.25) is 13.5 Å². The van der Waals surface area contributed by atoms with Crippen molar-refractivity contribution >= 4 is 28.3 Å². The maximum atomic E-state index is 15.9. The fourth-order valence-electron chi connectivity index (χ4n) is 5.63. The van der Waals surface area contributed by atoms with Crippen molar-refractivity contribution in [3.8, 4) is 22.4 Å². The van der Waals surface area contributed by atoms with Gasteiger partial charge < -0.3 is 9.80 Å². The van der Waals surface area contributed by atoms with Crippen LogP contribution in [0.5, 0.6) is 0 Å². The van der Waals surface area contributed by atoms with Crippen molar-refractivity contribution in [2.45, 2.75) is 18.9 Å². The van der Waals surface area contributed by atoms with Crippen LogP contribution in [0, 0.1) is 12.4 Å². The number of nitrogens with zero attached hydrogens (tertiary/aromatic N) is 8. The Bertz CT molecular complexity index is 1820. The number of rotatable bonds is 4. The third kappa shape index (κ3) is 3.97. The molecule has 0 radical (unpaired) electrons. The molecule has 1 saturated heterocycles. The number of anilines is 1. The van der Waals surface area contributed by atoms with Gasteiger partial charge in [-0.05, 0) is 38.6 Å². The van der Waals surface area contributed by atoms with Gasteiger partial charge in [-0.1, -0.05) is 24.3 Å². The lowest BCUT2D eigenvalue weighted by Gasteiger charge is -2.36. The van der Waals surface area contributed by atoms with E-state index in [0.717, 1.165) is 37.4 Å². The van der Waals surface area contributed by atoms with Gasteiger partial charge in [0.2, 0.25) is 5.95 Å². The number of hydrogen-bond donors (Lipinski definition) is 0. The number of piperidine rings is 1. The number of hydrogen-bond acceptors (Lipinski definition) is 5. The Kier molecular flexibility index (Phi) is 5.96. The molecule has 3 aromatic heterocycles. The van der Waals surface area contributed by atoms with E-state index in [9.17, 15) is 4.79 Å². The van der Waals surface area contributed by atoms with Crippen molar-refractivity contribution in [1.29, 1.82) is 0 Å². The second-order valence-corrected chi connectivity index (χ2v) is 10.3. The first-order chi connectivity index (χ1) is 18.8. The van der Waals surface area contributed by atoms with Crippen molar-refractivity contribution in [3.63, 3.8) is 0 Å². The number of aromatic nitrogens is 5. The number of imidazole rings is 2. The van der Waals surface area contributed by atoms with Gasteiger partial charge in [0.25, 0.3) is 0 Å². The maximum absolute atomic E-state index is 15.9. The summed E-state index contributed by atoms with van der Waals surface area (Å²) in [5.74, 6) is 0.287. The minimum Gasteiger partial charge on any atom is -0.342 e. The van der Waals surface area contributed by atoms with E-state index >= 15 is 4.39 Å². The van der Waals surface area contributed by atoms with Crippen LogP contribution in [0.3, 0.4) is 0 Å². The second-order valence-electron chi connectivity index (χ2n) is 10.3. The first-order valence-corrected chi connectivity index (χ1v) is 12.9. The van der Waals surface area contributed by atoms with Crippen LogP contribution in [-0.2, 0) is 14.1 Å². The molecule has 6 rings (SSSR count). The summed E-state index contributed by atoms with van der Waals surface area (Å²) in [4.78, 5) is 30.5.